The van der Waals surface area contributed by atoms with Gasteiger partial charge in [0.05, 0.1) is 5.56 Å². The number of hydrogen-bond acceptors (Lipinski definition) is 2. The monoisotopic (exact) mass is 323 g/mol. The molecule has 0 spiro atoms. The van der Waals surface area contributed by atoms with Gasteiger partial charge in [0, 0.05) is 27.8 Å². The summed E-state index contributed by atoms with van der Waals surface area (Å²) in [5.41, 5.74) is 3.04. The van der Waals surface area contributed by atoms with Gasteiger partial charge in [0.25, 0.3) is 0 Å². The first kappa shape index (κ1) is 15.1. The van der Waals surface area contributed by atoms with Crippen molar-refractivity contribution in [2.45, 2.75) is 13.5 Å². The molecule has 4 nitrogen and oxygen atoms in total. The average Bonchev–Trinajstić information content (AvgIpc) is 2.89. The van der Waals surface area contributed by atoms with Crippen LogP contribution in [0.25, 0.3) is 10.9 Å². The molecule has 0 saturated heterocycles. The topological polar surface area (TPSA) is 57.8 Å². The second-order valence-corrected chi connectivity index (χ2v) is 5.72. The number of nitriles is 1. The summed E-state index contributed by atoms with van der Waals surface area (Å²) in [5, 5.41) is 13.5. The van der Waals surface area contributed by atoms with Gasteiger partial charge in [-0.2, -0.15) is 5.26 Å². The van der Waals surface area contributed by atoms with Crippen LogP contribution < -0.4 is 5.32 Å². The van der Waals surface area contributed by atoms with Gasteiger partial charge in [-0.1, -0.05) is 35.9 Å². The molecule has 0 fully saturated rings. The Labute approximate surface area is 138 Å². The van der Waals surface area contributed by atoms with E-state index < -0.39 is 0 Å². The number of benzene rings is 2. The van der Waals surface area contributed by atoms with E-state index in [1.807, 2.05) is 43.3 Å². The Morgan fingerprint density at radius 1 is 1.30 bits per heavy atom. The largest absolute Gasteiger partial charge is 0.337 e. The van der Waals surface area contributed by atoms with Gasteiger partial charge in [-0.05, 0) is 30.7 Å². The van der Waals surface area contributed by atoms with Gasteiger partial charge in [0.1, 0.15) is 12.6 Å². The van der Waals surface area contributed by atoms with Crippen LogP contribution in [0.5, 0.6) is 0 Å². The van der Waals surface area contributed by atoms with Crippen LogP contribution in [0.15, 0.2) is 48.7 Å². The molecular formula is C18H14ClN3O. The lowest BCUT2D eigenvalue weighted by Crippen LogP contribution is -2.18. The molecule has 0 aliphatic rings. The van der Waals surface area contributed by atoms with Crippen molar-refractivity contribution < 1.29 is 4.79 Å². The van der Waals surface area contributed by atoms with Crippen LogP contribution in [0.1, 0.15) is 11.1 Å². The Balaban J connectivity index is 1.83. The maximum atomic E-state index is 12.3. The molecule has 1 N–H and O–H groups in total. The van der Waals surface area contributed by atoms with Crippen LogP contribution in [-0.4, -0.2) is 10.5 Å². The maximum absolute atomic E-state index is 12.3. The maximum Gasteiger partial charge on any atom is 0.244 e. The lowest BCUT2D eigenvalue weighted by Gasteiger charge is -2.08. The van der Waals surface area contributed by atoms with Crippen LogP contribution in [0.3, 0.4) is 0 Å². The number of anilines is 1. The fourth-order valence-corrected chi connectivity index (χ4v) is 2.67. The molecule has 2 aromatic carbocycles. The smallest absolute Gasteiger partial charge is 0.244 e. The van der Waals surface area contributed by atoms with Gasteiger partial charge in [0.15, 0.2) is 0 Å². The molecule has 0 unspecified atom stereocenters. The molecule has 0 aliphatic carbocycles. The third-order valence-corrected chi connectivity index (χ3v) is 4.09. The minimum absolute atomic E-state index is 0.133. The quantitative estimate of drug-likeness (QED) is 0.788. The summed E-state index contributed by atoms with van der Waals surface area (Å²) < 4.78 is 1.78. The SMILES string of the molecule is Cc1ccc(NC(=O)Cn2cc(C#N)c3ccccc32)cc1Cl. The summed E-state index contributed by atoms with van der Waals surface area (Å²) in [6.07, 6.45) is 1.70. The number of aromatic nitrogens is 1. The molecule has 3 rings (SSSR count). The highest BCUT2D eigenvalue weighted by atomic mass is 35.5. The number of amides is 1. The lowest BCUT2D eigenvalue weighted by molar-refractivity contribution is -0.116. The van der Waals surface area contributed by atoms with Crippen molar-refractivity contribution in [1.82, 2.24) is 4.57 Å². The van der Waals surface area contributed by atoms with Crippen LogP contribution in [-0.2, 0) is 11.3 Å². The molecule has 5 heteroatoms. The van der Waals surface area contributed by atoms with Crippen LogP contribution in [0.4, 0.5) is 5.69 Å². The van der Waals surface area contributed by atoms with Crippen LogP contribution in [0, 0.1) is 18.3 Å². The number of rotatable bonds is 3. The van der Waals surface area contributed by atoms with E-state index in [4.69, 9.17) is 11.6 Å². The zero-order chi connectivity index (χ0) is 16.4. The van der Waals surface area contributed by atoms with E-state index in [-0.39, 0.29) is 12.5 Å². The van der Waals surface area contributed by atoms with Crippen LogP contribution in [0.2, 0.25) is 5.02 Å². The van der Waals surface area contributed by atoms with Crippen molar-refractivity contribution in [1.29, 1.82) is 5.26 Å². The highest BCUT2D eigenvalue weighted by molar-refractivity contribution is 6.31. The third-order valence-electron chi connectivity index (χ3n) is 3.68. The molecule has 1 heterocycles. The van der Waals surface area contributed by atoms with E-state index in [1.54, 1.807) is 16.8 Å². The molecule has 1 aromatic heterocycles. The Morgan fingerprint density at radius 2 is 2.09 bits per heavy atom. The highest BCUT2D eigenvalue weighted by Crippen LogP contribution is 2.22. The Morgan fingerprint density at radius 3 is 2.83 bits per heavy atom. The van der Waals surface area contributed by atoms with E-state index in [0.717, 1.165) is 16.5 Å². The summed E-state index contributed by atoms with van der Waals surface area (Å²) in [6, 6.07) is 15.1. The Kier molecular flexibility index (Phi) is 4.05. The number of carbonyl (C=O) groups is 1. The normalized spacial score (nSPS) is 10.5. The fraction of sp³-hybridized carbons (Fsp3) is 0.111. The second-order valence-electron chi connectivity index (χ2n) is 5.31. The van der Waals surface area contributed by atoms with Gasteiger partial charge in [-0.15, -0.1) is 0 Å². The predicted octanol–water partition coefficient (Wildman–Crippen LogP) is 4.11. The average molecular weight is 324 g/mol. The molecule has 0 radical (unpaired) electrons. The Bertz CT molecular complexity index is 937. The van der Waals surface area contributed by atoms with Crippen LogP contribution >= 0.6 is 11.6 Å². The van der Waals surface area contributed by atoms with Gasteiger partial charge in [0.2, 0.25) is 5.91 Å². The number of nitrogens with one attached hydrogen (secondary N) is 1. The molecule has 0 saturated carbocycles. The first-order chi connectivity index (χ1) is 11.1. The zero-order valence-corrected chi connectivity index (χ0v) is 13.3. The van der Waals surface area contributed by atoms with E-state index >= 15 is 0 Å². The predicted molar refractivity (Wildman–Crippen MR) is 91.5 cm³/mol. The number of carbonyl (C=O) groups excluding carboxylic acids is 1. The molecule has 0 aliphatic heterocycles. The number of aryl methyl sites for hydroxylation is 1. The van der Waals surface area contributed by atoms with Crippen molar-refractivity contribution in [3.8, 4) is 6.07 Å². The minimum atomic E-state index is -0.171. The molecule has 3 aromatic rings. The second kappa shape index (κ2) is 6.15. The molecule has 1 amide bonds. The molecule has 23 heavy (non-hydrogen) atoms. The number of fused-ring (bicyclic) bond motifs is 1. The van der Waals surface area contributed by atoms with Crippen molar-refractivity contribution in [2.24, 2.45) is 0 Å². The number of para-hydroxylation sites is 1. The fourth-order valence-electron chi connectivity index (χ4n) is 2.49. The molecule has 0 atom stereocenters. The third kappa shape index (κ3) is 3.05. The van der Waals surface area contributed by atoms with Crippen molar-refractivity contribution in [3.05, 3.63) is 64.8 Å². The van der Waals surface area contributed by atoms with Gasteiger partial charge in [-0.3, -0.25) is 4.79 Å². The minimum Gasteiger partial charge on any atom is -0.337 e. The Hall–Kier alpha value is -2.77. The van der Waals surface area contributed by atoms with Crippen molar-refractivity contribution >= 4 is 34.1 Å². The first-order valence-corrected chi connectivity index (χ1v) is 7.50. The van der Waals surface area contributed by atoms with E-state index in [1.165, 1.54) is 0 Å². The van der Waals surface area contributed by atoms with E-state index in [9.17, 15) is 10.1 Å². The van der Waals surface area contributed by atoms with Gasteiger partial charge in [-0.25, -0.2) is 0 Å². The summed E-state index contributed by atoms with van der Waals surface area (Å²) in [7, 11) is 0. The molecule has 114 valence electrons. The summed E-state index contributed by atoms with van der Waals surface area (Å²) >= 11 is 6.07. The first-order valence-electron chi connectivity index (χ1n) is 7.12. The summed E-state index contributed by atoms with van der Waals surface area (Å²) in [5.74, 6) is -0.171. The zero-order valence-electron chi connectivity index (χ0n) is 12.5. The number of nitrogens with zero attached hydrogens (tertiary/aromatic N) is 2. The standard InChI is InChI=1S/C18H14ClN3O/c1-12-6-7-14(8-16(12)19)21-18(23)11-22-10-13(9-20)15-4-2-3-5-17(15)22/h2-8,10H,11H2,1H3,(H,21,23). The van der Waals surface area contributed by atoms with Gasteiger partial charge >= 0.3 is 0 Å². The van der Waals surface area contributed by atoms with E-state index in [2.05, 4.69) is 11.4 Å². The molecular weight excluding hydrogens is 310 g/mol. The van der Waals surface area contributed by atoms with Gasteiger partial charge < -0.3 is 9.88 Å². The van der Waals surface area contributed by atoms with E-state index in [0.29, 0.717) is 16.3 Å². The highest BCUT2D eigenvalue weighted by Gasteiger charge is 2.11. The summed E-state index contributed by atoms with van der Waals surface area (Å²) in [4.78, 5) is 12.3. The van der Waals surface area contributed by atoms with Crippen molar-refractivity contribution in [2.75, 3.05) is 5.32 Å². The molecule has 0 bridgehead atoms. The lowest BCUT2D eigenvalue weighted by atomic mass is 10.2. The summed E-state index contributed by atoms with van der Waals surface area (Å²) in [6.45, 7) is 2.04. The van der Waals surface area contributed by atoms with Crippen molar-refractivity contribution in [3.63, 3.8) is 0 Å². The number of hydrogen-bond donors (Lipinski definition) is 1. The number of halogens is 1.